The van der Waals surface area contributed by atoms with Crippen molar-refractivity contribution >= 4 is 0 Å². The van der Waals surface area contributed by atoms with Gasteiger partial charge in [0.15, 0.2) is 0 Å². The highest BCUT2D eigenvalue weighted by molar-refractivity contribution is 5.28. The third kappa shape index (κ3) is 3.80. The molecule has 1 saturated heterocycles. The summed E-state index contributed by atoms with van der Waals surface area (Å²) in [7, 11) is 0. The Morgan fingerprint density at radius 2 is 2.00 bits per heavy atom. The van der Waals surface area contributed by atoms with Gasteiger partial charge in [-0.1, -0.05) is 38.1 Å². The van der Waals surface area contributed by atoms with Gasteiger partial charge in [0, 0.05) is 12.6 Å². The van der Waals surface area contributed by atoms with E-state index in [4.69, 9.17) is 5.73 Å². The molecule has 2 rings (SSSR count). The summed E-state index contributed by atoms with van der Waals surface area (Å²) in [6.07, 6.45) is 2.40. The summed E-state index contributed by atoms with van der Waals surface area (Å²) in [5.41, 5.74) is 8.97. The highest BCUT2D eigenvalue weighted by Gasteiger charge is 2.22. The van der Waals surface area contributed by atoms with Crippen LogP contribution in [0.5, 0.6) is 0 Å². The number of rotatable bonds is 4. The first-order chi connectivity index (χ1) is 9.08. The van der Waals surface area contributed by atoms with E-state index in [0.29, 0.717) is 0 Å². The molecule has 0 aromatic heterocycles. The lowest BCUT2D eigenvalue weighted by Gasteiger charge is -2.35. The van der Waals surface area contributed by atoms with E-state index in [0.717, 1.165) is 24.8 Å². The lowest BCUT2D eigenvalue weighted by Crippen LogP contribution is -2.39. The van der Waals surface area contributed by atoms with Crippen LogP contribution in [0.15, 0.2) is 24.3 Å². The van der Waals surface area contributed by atoms with Crippen molar-refractivity contribution in [2.75, 3.05) is 19.6 Å². The maximum absolute atomic E-state index is 6.35. The Morgan fingerprint density at radius 3 is 2.68 bits per heavy atom. The lowest BCUT2D eigenvalue weighted by atomic mass is 9.88. The predicted molar refractivity (Wildman–Crippen MR) is 82.1 cm³/mol. The highest BCUT2D eigenvalue weighted by Crippen LogP contribution is 2.24. The summed E-state index contributed by atoms with van der Waals surface area (Å²) in [5, 5.41) is 0. The molecule has 19 heavy (non-hydrogen) atoms. The van der Waals surface area contributed by atoms with Crippen LogP contribution in [0.25, 0.3) is 0 Å². The number of hydrogen-bond acceptors (Lipinski definition) is 2. The van der Waals surface area contributed by atoms with Crippen LogP contribution in [-0.2, 0) is 0 Å². The maximum atomic E-state index is 6.35. The van der Waals surface area contributed by atoms with Gasteiger partial charge in [-0.05, 0) is 55.8 Å². The average molecular weight is 260 g/mol. The second kappa shape index (κ2) is 6.53. The number of piperidine rings is 1. The zero-order valence-electron chi connectivity index (χ0n) is 12.6. The minimum absolute atomic E-state index is 0.177. The van der Waals surface area contributed by atoms with Crippen LogP contribution in [-0.4, -0.2) is 24.5 Å². The van der Waals surface area contributed by atoms with E-state index in [-0.39, 0.29) is 6.04 Å². The highest BCUT2D eigenvalue weighted by atomic mass is 15.1. The van der Waals surface area contributed by atoms with Crippen molar-refractivity contribution in [2.45, 2.75) is 39.7 Å². The lowest BCUT2D eigenvalue weighted by molar-refractivity contribution is 0.135. The molecule has 106 valence electrons. The van der Waals surface area contributed by atoms with E-state index in [1.54, 1.807) is 0 Å². The molecule has 3 atom stereocenters. The van der Waals surface area contributed by atoms with Gasteiger partial charge in [-0.3, -0.25) is 0 Å². The largest absolute Gasteiger partial charge is 0.324 e. The van der Waals surface area contributed by atoms with E-state index >= 15 is 0 Å². The Bertz CT molecular complexity index is 402. The zero-order valence-corrected chi connectivity index (χ0v) is 12.6. The number of hydrogen-bond donors (Lipinski definition) is 1. The molecular formula is C17H28N2. The molecule has 0 saturated carbocycles. The molecule has 1 heterocycles. The van der Waals surface area contributed by atoms with Gasteiger partial charge in [-0.2, -0.15) is 0 Å². The van der Waals surface area contributed by atoms with Crippen molar-refractivity contribution < 1.29 is 0 Å². The fourth-order valence-electron chi connectivity index (χ4n) is 3.03. The summed E-state index contributed by atoms with van der Waals surface area (Å²) in [6.45, 7) is 10.5. The molecule has 2 N–H and O–H groups in total. The third-order valence-corrected chi connectivity index (χ3v) is 4.76. The molecule has 0 radical (unpaired) electrons. The first kappa shape index (κ1) is 14.5. The van der Waals surface area contributed by atoms with E-state index < -0.39 is 0 Å². The summed E-state index contributed by atoms with van der Waals surface area (Å²) in [5.74, 6) is 1.70. The first-order valence-electron chi connectivity index (χ1n) is 7.61. The summed E-state index contributed by atoms with van der Waals surface area (Å²) in [4.78, 5) is 2.59. The molecular weight excluding hydrogens is 232 g/mol. The third-order valence-electron chi connectivity index (χ3n) is 4.76. The predicted octanol–water partition coefficient (Wildman–Crippen LogP) is 3.36. The van der Waals surface area contributed by atoms with Crippen LogP contribution in [0.4, 0.5) is 0 Å². The maximum Gasteiger partial charge on any atom is 0.0309 e. The minimum atomic E-state index is 0.177. The Morgan fingerprint density at radius 1 is 1.26 bits per heavy atom. The SMILES string of the molecule is Cc1ccccc1C(N)CCN1CCC(C)C(C)C1. The number of nitrogens with zero attached hydrogens (tertiary/aromatic N) is 1. The number of benzene rings is 1. The normalized spacial score (nSPS) is 26.3. The molecule has 0 aliphatic carbocycles. The molecule has 2 nitrogen and oxygen atoms in total. The van der Waals surface area contributed by atoms with Crippen molar-refractivity contribution in [1.82, 2.24) is 4.90 Å². The second-order valence-electron chi connectivity index (χ2n) is 6.30. The number of aryl methyl sites for hydroxylation is 1. The Kier molecular flexibility index (Phi) is 5.00. The molecule has 2 heteroatoms. The van der Waals surface area contributed by atoms with Crippen molar-refractivity contribution in [3.05, 3.63) is 35.4 Å². The van der Waals surface area contributed by atoms with Crippen LogP contribution in [0.3, 0.4) is 0 Å². The monoisotopic (exact) mass is 260 g/mol. The van der Waals surface area contributed by atoms with Crippen molar-refractivity contribution in [1.29, 1.82) is 0 Å². The van der Waals surface area contributed by atoms with E-state index in [1.807, 2.05) is 0 Å². The molecule has 0 bridgehead atoms. The van der Waals surface area contributed by atoms with Crippen LogP contribution < -0.4 is 5.73 Å². The quantitative estimate of drug-likeness (QED) is 0.899. The molecule has 1 aliphatic rings. The van der Waals surface area contributed by atoms with Crippen molar-refractivity contribution in [3.8, 4) is 0 Å². The smallest absolute Gasteiger partial charge is 0.0309 e. The zero-order chi connectivity index (χ0) is 13.8. The van der Waals surface area contributed by atoms with Gasteiger partial charge >= 0.3 is 0 Å². The molecule has 0 spiro atoms. The number of nitrogens with two attached hydrogens (primary N) is 1. The number of likely N-dealkylation sites (tertiary alicyclic amines) is 1. The first-order valence-corrected chi connectivity index (χ1v) is 7.61. The molecule has 1 aromatic rings. The van der Waals surface area contributed by atoms with E-state index in [1.165, 1.54) is 30.6 Å². The van der Waals surface area contributed by atoms with Crippen molar-refractivity contribution in [2.24, 2.45) is 17.6 Å². The van der Waals surface area contributed by atoms with Gasteiger partial charge in [0.05, 0.1) is 0 Å². The van der Waals surface area contributed by atoms with E-state index in [2.05, 4.69) is 49.9 Å². The van der Waals surface area contributed by atoms with Crippen LogP contribution in [0.1, 0.15) is 43.9 Å². The summed E-state index contributed by atoms with van der Waals surface area (Å²) >= 11 is 0. The molecule has 0 amide bonds. The molecule has 1 aliphatic heterocycles. The topological polar surface area (TPSA) is 29.3 Å². The summed E-state index contributed by atoms with van der Waals surface area (Å²) in [6, 6.07) is 8.67. The van der Waals surface area contributed by atoms with Gasteiger partial charge < -0.3 is 10.6 Å². The van der Waals surface area contributed by atoms with Gasteiger partial charge in [0.25, 0.3) is 0 Å². The van der Waals surface area contributed by atoms with Gasteiger partial charge in [-0.25, -0.2) is 0 Å². The fraction of sp³-hybridized carbons (Fsp3) is 0.647. The van der Waals surface area contributed by atoms with Crippen LogP contribution in [0.2, 0.25) is 0 Å². The Hall–Kier alpha value is -0.860. The Balaban J connectivity index is 1.84. The molecule has 3 unspecified atom stereocenters. The summed E-state index contributed by atoms with van der Waals surface area (Å²) < 4.78 is 0. The minimum Gasteiger partial charge on any atom is -0.324 e. The van der Waals surface area contributed by atoms with Gasteiger partial charge in [0.1, 0.15) is 0 Å². The van der Waals surface area contributed by atoms with E-state index in [9.17, 15) is 0 Å². The van der Waals surface area contributed by atoms with Gasteiger partial charge in [0.2, 0.25) is 0 Å². The fourth-order valence-corrected chi connectivity index (χ4v) is 3.03. The molecule has 1 aromatic carbocycles. The van der Waals surface area contributed by atoms with Crippen molar-refractivity contribution in [3.63, 3.8) is 0 Å². The second-order valence-corrected chi connectivity index (χ2v) is 6.30. The van der Waals surface area contributed by atoms with Gasteiger partial charge in [-0.15, -0.1) is 0 Å². The van der Waals surface area contributed by atoms with Crippen LogP contribution in [0, 0.1) is 18.8 Å². The standard InChI is InChI=1S/C17H28N2/c1-13-8-10-19(12-15(13)3)11-9-17(18)16-7-5-4-6-14(16)2/h4-7,13,15,17H,8-12,18H2,1-3H3. The average Bonchev–Trinajstić information content (AvgIpc) is 2.40. The van der Waals surface area contributed by atoms with Crippen LogP contribution >= 0.6 is 0 Å². The molecule has 1 fully saturated rings. The Labute approximate surface area is 118 Å².